The maximum Gasteiger partial charge on any atom is 0.254 e. The van der Waals surface area contributed by atoms with Gasteiger partial charge in [-0.1, -0.05) is 12.1 Å². The minimum atomic E-state index is -0.321. The first-order valence-corrected chi connectivity index (χ1v) is 11.3. The zero-order valence-electron chi connectivity index (χ0n) is 18.8. The van der Waals surface area contributed by atoms with E-state index in [0.717, 1.165) is 41.3 Å². The molecule has 0 radical (unpaired) electrons. The standard InChI is InChI=1S/C26H25FN4O3/c1-31(14-18-12-28-23(15-32)22-13-29-30-25(18)22)26(33)17-8-9-21(16-4-2-5-19(27)10-16)24(11-17)34-20-6-3-7-20/h2,4-5,8-13,20,32H,3,6-7,14-15H2,1H3,(H,29,30). The third kappa shape index (κ3) is 4.24. The molecule has 1 fully saturated rings. The smallest absolute Gasteiger partial charge is 0.254 e. The molecule has 2 aromatic heterocycles. The third-order valence-electron chi connectivity index (χ3n) is 6.26. The monoisotopic (exact) mass is 460 g/mol. The summed E-state index contributed by atoms with van der Waals surface area (Å²) in [6.45, 7) is 0.118. The summed E-state index contributed by atoms with van der Waals surface area (Å²) in [5.41, 5.74) is 4.02. The third-order valence-corrected chi connectivity index (χ3v) is 6.26. The highest BCUT2D eigenvalue weighted by molar-refractivity contribution is 5.96. The number of amides is 1. The highest BCUT2D eigenvalue weighted by Gasteiger charge is 2.23. The Morgan fingerprint density at radius 1 is 1.24 bits per heavy atom. The van der Waals surface area contributed by atoms with Crippen molar-refractivity contribution < 1.29 is 19.0 Å². The average molecular weight is 461 g/mol. The molecule has 2 N–H and O–H groups in total. The topological polar surface area (TPSA) is 91.3 Å². The van der Waals surface area contributed by atoms with E-state index in [1.807, 2.05) is 12.1 Å². The van der Waals surface area contributed by atoms with Gasteiger partial charge in [0.05, 0.1) is 30.1 Å². The molecule has 34 heavy (non-hydrogen) atoms. The second kappa shape index (κ2) is 9.23. The fourth-order valence-corrected chi connectivity index (χ4v) is 4.15. The predicted octanol–water partition coefficient (Wildman–Crippen LogP) is 4.46. The number of halogens is 1. The van der Waals surface area contributed by atoms with Gasteiger partial charge in [-0.3, -0.25) is 14.9 Å². The first kappa shape index (κ1) is 22.0. The van der Waals surface area contributed by atoms with Crippen LogP contribution in [0, 0.1) is 5.82 Å². The Balaban J connectivity index is 1.43. The number of fused-ring (bicyclic) bond motifs is 1. The van der Waals surface area contributed by atoms with Gasteiger partial charge in [0.15, 0.2) is 0 Å². The van der Waals surface area contributed by atoms with Gasteiger partial charge in [-0.2, -0.15) is 5.10 Å². The van der Waals surface area contributed by atoms with Crippen LogP contribution in [0.1, 0.15) is 40.9 Å². The molecule has 0 aliphatic heterocycles. The Labute approximate surface area is 196 Å². The summed E-state index contributed by atoms with van der Waals surface area (Å²) in [5, 5.41) is 17.2. The largest absolute Gasteiger partial charge is 0.490 e. The van der Waals surface area contributed by atoms with Gasteiger partial charge in [0.1, 0.15) is 11.6 Å². The molecule has 1 aliphatic rings. The molecular weight excluding hydrogens is 435 g/mol. The molecule has 1 amide bonds. The molecule has 0 spiro atoms. The number of aliphatic hydroxyl groups is 1. The van der Waals surface area contributed by atoms with Crippen LogP contribution < -0.4 is 4.74 Å². The molecule has 0 bridgehead atoms. The number of hydrogen-bond donors (Lipinski definition) is 2. The van der Waals surface area contributed by atoms with Gasteiger partial charge in [0, 0.05) is 41.9 Å². The SMILES string of the molecule is CN(Cc1cnc(CO)c2cn[nH]c12)C(=O)c1ccc(-c2cccc(F)c2)c(OC2CCC2)c1. The summed E-state index contributed by atoms with van der Waals surface area (Å²) in [6.07, 6.45) is 6.43. The molecule has 7 nitrogen and oxygen atoms in total. The number of aromatic amines is 1. The molecule has 0 atom stereocenters. The van der Waals surface area contributed by atoms with Crippen molar-refractivity contribution in [2.24, 2.45) is 0 Å². The summed E-state index contributed by atoms with van der Waals surface area (Å²) >= 11 is 0. The molecule has 1 saturated carbocycles. The van der Waals surface area contributed by atoms with Crippen molar-refractivity contribution >= 4 is 16.8 Å². The number of carbonyl (C=O) groups is 1. The Morgan fingerprint density at radius 3 is 2.82 bits per heavy atom. The number of benzene rings is 2. The van der Waals surface area contributed by atoms with Crippen LogP contribution in [0.4, 0.5) is 4.39 Å². The lowest BCUT2D eigenvalue weighted by Crippen LogP contribution is -2.27. The minimum absolute atomic E-state index is 0.111. The first-order chi connectivity index (χ1) is 16.5. The Kier molecular flexibility index (Phi) is 5.98. The number of pyridine rings is 1. The molecule has 8 heteroatoms. The van der Waals surface area contributed by atoms with Gasteiger partial charge >= 0.3 is 0 Å². The zero-order valence-corrected chi connectivity index (χ0v) is 18.8. The van der Waals surface area contributed by atoms with Gasteiger partial charge in [-0.15, -0.1) is 0 Å². The van der Waals surface area contributed by atoms with Gasteiger partial charge in [0.25, 0.3) is 5.91 Å². The lowest BCUT2D eigenvalue weighted by Gasteiger charge is -2.28. The second-order valence-corrected chi connectivity index (χ2v) is 8.60. The van der Waals surface area contributed by atoms with Crippen LogP contribution >= 0.6 is 0 Å². The fraction of sp³-hybridized carbons (Fsp3) is 0.269. The van der Waals surface area contributed by atoms with Crippen molar-refractivity contribution in [2.45, 2.75) is 38.5 Å². The quantitative estimate of drug-likeness (QED) is 0.425. The molecule has 1 aliphatic carbocycles. The zero-order chi connectivity index (χ0) is 23.7. The number of carbonyl (C=O) groups excluding carboxylic acids is 1. The van der Waals surface area contributed by atoms with Crippen LogP contribution in [-0.2, 0) is 13.2 Å². The molecule has 2 heterocycles. The van der Waals surface area contributed by atoms with Crippen molar-refractivity contribution in [3.8, 4) is 16.9 Å². The summed E-state index contributed by atoms with van der Waals surface area (Å²) in [7, 11) is 1.72. The van der Waals surface area contributed by atoms with Gasteiger partial charge in [-0.05, 0) is 55.2 Å². The lowest BCUT2D eigenvalue weighted by atomic mass is 9.95. The van der Waals surface area contributed by atoms with E-state index >= 15 is 0 Å². The van der Waals surface area contributed by atoms with E-state index in [0.29, 0.717) is 29.1 Å². The van der Waals surface area contributed by atoms with Crippen molar-refractivity contribution in [1.82, 2.24) is 20.1 Å². The minimum Gasteiger partial charge on any atom is -0.490 e. The van der Waals surface area contributed by atoms with Crippen LogP contribution in [0.3, 0.4) is 0 Å². The van der Waals surface area contributed by atoms with Crippen LogP contribution in [0.5, 0.6) is 5.75 Å². The van der Waals surface area contributed by atoms with Gasteiger partial charge in [0.2, 0.25) is 0 Å². The Morgan fingerprint density at radius 2 is 2.09 bits per heavy atom. The van der Waals surface area contributed by atoms with E-state index in [1.54, 1.807) is 42.5 Å². The van der Waals surface area contributed by atoms with E-state index in [4.69, 9.17) is 4.74 Å². The van der Waals surface area contributed by atoms with E-state index in [2.05, 4.69) is 15.2 Å². The number of nitrogens with one attached hydrogen (secondary N) is 1. The van der Waals surface area contributed by atoms with E-state index in [1.165, 1.54) is 12.1 Å². The first-order valence-electron chi connectivity index (χ1n) is 11.3. The molecule has 5 rings (SSSR count). The predicted molar refractivity (Wildman–Crippen MR) is 126 cm³/mol. The number of rotatable bonds is 7. The second-order valence-electron chi connectivity index (χ2n) is 8.60. The van der Waals surface area contributed by atoms with Crippen LogP contribution in [0.25, 0.3) is 22.0 Å². The van der Waals surface area contributed by atoms with Gasteiger partial charge in [-0.25, -0.2) is 4.39 Å². The van der Waals surface area contributed by atoms with E-state index in [-0.39, 0.29) is 24.4 Å². The highest BCUT2D eigenvalue weighted by atomic mass is 19.1. The van der Waals surface area contributed by atoms with Crippen LogP contribution in [0.2, 0.25) is 0 Å². The van der Waals surface area contributed by atoms with Crippen molar-refractivity contribution in [3.05, 3.63) is 77.5 Å². The highest BCUT2D eigenvalue weighted by Crippen LogP contribution is 2.35. The Bertz CT molecular complexity index is 1350. The molecule has 2 aromatic carbocycles. The number of aliphatic hydroxyl groups excluding tert-OH is 1. The molecule has 4 aromatic rings. The fourth-order valence-electron chi connectivity index (χ4n) is 4.15. The number of aromatic nitrogens is 3. The summed E-state index contributed by atoms with van der Waals surface area (Å²) < 4.78 is 20.0. The lowest BCUT2D eigenvalue weighted by molar-refractivity contribution is 0.0783. The van der Waals surface area contributed by atoms with Crippen molar-refractivity contribution in [3.63, 3.8) is 0 Å². The maximum absolute atomic E-state index is 13.9. The number of hydrogen-bond acceptors (Lipinski definition) is 5. The average Bonchev–Trinajstić information content (AvgIpc) is 3.31. The summed E-state index contributed by atoms with van der Waals surface area (Å²) in [4.78, 5) is 19.2. The van der Waals surface area contributed by atoms with E-state index in [9.17, 15) is 14.3 Å². The molecule has 0 unspecified atom stereocenters. The molecule has 0 saturated heterocycles. The van der Waals surface area contributed by atoms with Crippen LogP contribution in [-0.4, -0.2) is 44.2 Å². The summed E-state index contributed by atoms with van der Waals surface area (Å²) in [5.74, 6) is 0.0838. The molecule has 174 valence electrons. The maximum atomic E-state index is 13.9. The number of H-pyrrole nitrogens is 1. The number of nitrogens with zero attached hydrogens (tertiary/aromatic N) is 3. The normalized spacial score (nSPS) is 13.6. The van der Waals surface area contributed by atoms with Crippen LogP contribution in [0.15, 0.2) is 54.9 Å². The van der Waals surface area contributed by atoms with E-state index < -0.39 is 0 Å². The van der Waals surface area contributed by atoms with Crippen molar-refractivity contribution in [2.75, 3.05) is 7.05 Å². The number of ether oxygens (including phenoxy) is 1. The van der Waals surface area contributed by atoms with Crippen molar-refractivity contribution in [1.29, 1.82) is 0 Å². The summed E-state index contributed by atoms with van der Waals surface area (Å²) in [6, 6.07) is 11.7. The molecular formula is C26H25FN4O3. The Hall–Kier alpha value is -3.78. The van der Waals surface area contributed by atoms with Gasteiger partial charge < -0.3 is 14.7 Å².